The maximum atomic E-state index is 12.7. The number of hydrogen-bond acceptors (Lipinski definition) is 7. The molecule has 0 radical (unpaired) electrons. The number of hydrogen-bond donors (Lipinski definition) is 0. The van der Waals surface area contributed by atoms with E-state index in [1.807, 2.05) is 18.7 Å². The summed E-state index contributed by atoms with van der Waals surface area (Å²) < 4.78 is 0. The molecule has 27 heavy (non-hydrogen) atoms. The molecular formula is C19H26N6OS. The second-order valence-electron chi connectivity index (χ2n) is 7.26. The Kier molecular flexibility index (Phi) is 5.24. The van der Waals surface area contributed by atoms with Gasteiger partial charge < -0.3 is 14.7 Å². The van der Waals surface area contributed by atoms with Crippen molar-refractivity contribution in [2.24, 2.45) is 0 Å². The van der Waals surface area contributed by atoms with Gasteiger partial charge in [0.2, 0.25) is 5.95 Å². The summed E-state index contributed by atoms with van der Waals surface area (Å²) in [5, 5.41) is 0. The van der Waals surface area contributed by atoms with E-state index in [4.69, 9.17) is 4.98 Å². The van der Waals surface area contributed by atoms with Crippen LogP contribution in [0.25, 0.3) is 0 Å². The first-order valence-electron chi connectivity index (χ1n) is 9.67. The van der Waals surface area contributed by atoms with Crippen LogP contribution in [0, 0.1) is 13.8 Å². The van der Waals surface area contributed by atoms with E-state index in [1.54, 1.807) is 5.51 Å². The van der Waals surface area contributed by atoms with Crippen LogP contribution in [-0.2, 0) is 0 Å². The third kappa shape index (κ3) is 3.90. The third-order valence-corrected chi connectivity index (χ3v) is 6.21. The fraction of sp³-hybridized carbons (Fsp3) is 0.579. The fourth-order valence-electron chi connectivity index (χ4n) is 3.72. The smallest absolute Gasteiger partial charge is 0.265 e. The summed E-state index contributed by atoms with van der Waals surface area (Å²) in [6.45, 7) is 8.96. The van der Waals surface area contributed by atoms with Gasteiger partial charge in [-0.1, -0.05) is 0 Å². The first kappa shape index (κ1) is 18.2. The minimum absolute atomic E-state index is 0.0915. The molecule has 0 atom stereocenters. The van der Waals surface area contributed by atoms with Crippen molar-refractivity contribution in [2.75, 3.05) is 49.1 Å². The van der Waals surface area contributed by atoms with Crippen LogP contribution < -0.4 is 9.80 Å². The second-order valence-corrected chi connectivity index (χ2v) is 8.12. The van der Waals surface area contributed by atoms with E-state index in [1.165, 1.54) is 30.6 Å². The average Bonchev–Trinajstić information content (AvgIpc) is 3.13. The molecule has 0 unspecified atom stereocenters. The van der Waals surface area contributed by atoms with Crippen molar-refractivity contribution in [3.05, 3.63) is 27.8 Å². The molecule has 1 amide bonds. The number of anilines is 2. The number of thiazole rings is 1. The standard InChI is InChI=1S/C19H26N6OS/c1-14-12-16(23-6-4-3-5-7-23)22-19(21-14)25-10-8-24(9-11-25)18(26)17-15(2)20-13-27-17/h12-13H,3-11H2,1-2H3. The highest BCUT2D eigenvalue weighted by Crippen LogP contribution is 2.23. The Morgan fingerprint density at radius 1 is 0.963 bits per heavy atom. The summed E-state index contributed by atoms with van der Waals surface area (Å²) in [6.07, 6.45) is 3.77. The van der Waals surface area contributed by atoms with Gasteiger partial charge >= 0.3 is 0 Å². The maximum absolute atomic E-state index is 12.7. The van der Waals surface area contributed by atoms with E-state index >= 15 is 0 Å². The first-order chi connectivity index (χ1) is 13.1. The molecule has 2 fully saturated rings. The van der Waals surface area contributed by atoms with Gasteiger partial charge in [0, 0.05) is 51.0 Å². The largest absolute Gasteiger partial charge is 0.356 e. The van der Waals surface area contributed by atoms with E-state index in [-0.39, 0.29) is 5.91 Å². The molecule has 4 rings (SSSR count). The molecule has 0 bridgehead atoms. The average molecular weight is 387 g/mol. The van der Waals surface area contributed by atoms with E-state index in [2.05, 4.69) is 25.8 Å². The Hall–Kier alpha value is -2.22. The minimum atomic E-state index is 0.0915. The monoisotopic (exact) mass is 386 g/mol. The van der Waals surface area contributed by atoms with Crippen molar-refractivity contribution in [1.82, 2.24) is 19.9 Å². The number of amides is 1. The van der Waals surface area contributed by atoms with Crippen LogP contribution in [0.1, 0.15) is 40.3 Å². The van der Waals surface area contributed by atoms with E-state index in [9.17, 15) is 4.79 Å². The Morgan fingerprint density at radius 3 is 2.37 bits per heavy atom. The number of piperidine rings is 1. The molecule has 0 saturated carbocycles. The molecule has 7 nitrogen and oxygen atoms in total. The lowest BCUT2D eigenvalue weighted by atomic mass is 10.1. The molecule has 0 N–H and O–H groups in total. The maximum Gasteiger partial charge on any atom is 0.265 e. The normalized spacial score (nSPS) is 18.1. The SMILES string of the molecule is Cc1cc(N2CCCCC2)nc(N2CCN(C(=O)c3scnc3C)CC2)n1. The van der Waals surface area contributed by atoms with Crippen LogP contribution in [-0.4, -0.2) is 65.0 Å². The van der Waals surface area contributed by atoms with Gasteiger partial charge in [-0.2, -0.15) is 4.98 Å². The van der Waals surface area contributed by atoms with Crippen molar-refractivity contribution >= 4 is 29.0 Å². The molecule has 2 aromatic heterocycles. The van der Waals surface area contributed by atoms with Gasteiger partial charge in [0.25, 0.3) is 5.91 Å². The quantitative estimate of drug-likeness (QED) is 0.808. The van der Waals surface area contributed by atoms with Crippen LogP contribution in [0.15, 0.2) is 11.6 Å². The second kappa shape index (κ2) is 7.80. The molecule has 2 saturated heterocycles. The zero-order valence-corrected chi connectivity index (χ0v) is 16.8. The van der Waals surface area contributed by atoms with Gasteiger partial charge in [-0.15, -0.1) is 11.3 Å². The molecule has 4 heterocycles. The summed E-state index contributed by atoms with van der Waals surface area (Å²) in [6, 6.07) is 2.08. The van der Waals surface area contributed by atoms with Gasteiger partial charge in [0.15, 0.2) is 0 Å². The zero-order chi connectivity index (χ0) is 18.8. The third-order valence-electron chi connectivity index (χ3n) is 5.30. The van der Waals surface area contributed by atoms with Crippen LogP contribution in [0.3, 0.4) is 0 Å². The first-order valence-corrected chi connectivity index (χ1v) is 10.5. The lowest BCUT2D eigenvalue weighted by Gasteiger charge is -2.35. The van der Waals surface area contributed by atoms with Crippen LogP contribution in [0.2, 0.25) is 0 Å². The summed E-state index contributed by atoms with van der Waals surface area (Å²) >= 11 is 1.42. The number of aryl methyl sites for hydroxylation is 2. The van der Waals surface area contributed by atoms with Gasteiger partial charge in [0.05, 0.1) is 11.2 Å². The lowest BCUT2D eigenvalue weighted by Crippen LogP contribution is -2.49. The predicted octanol–water partition coefficient (Wildman–Crippen LogP) is 2.50. The molecule has 8 heteroatoms. The van der Waals surface area contributed by atoms with Crippen molar-refractivity contribution < 1.29 is 4.79 Å². The van der Waals surface area contributed by atoms with Crippen LogP contribution in [0.4, 0.5) is 11.8 Å². The number of carbonyl (C=O) groups is 1. The molecule has 0 aliphatic carbocycles. The summed E-state index contributed by atoms with van der Waals surface area (Å²) in [4.78, 5) is 33.6. The topological polar surface area (TPSA) is 65.5 Å². The zero-order valence-electron chi connectivity index (χ0n) is 16.0. The number of nitrogens with zero attached hydrogens (tertiary/aromatic N) is 6. The fourth-order valence-corrected chi connectivity index (χ4v) is 4.49. The summed E-state index contributed by atoms with van der Waals surface area (Å²) in [5.74, 6) is 1.92. The Bertz CT molecular complexity index is 808. The highest BCUT2D eigenvalue weighted by Gasteiger charge is 2.26. The number of aromatic nitrogens is 3. The van der Waals surface area contributed by atoms with Gasteiger partial charge in [-0.25, -0.2) is 9.97 Å². The predicted molar refractivity (Wildman–Crippen MR) is 108 cm³/mol. The van der Waals surface area contributed by atoms with E-state index < -0.39 is 0 Å². The molecule has 2 aromatic rings. The van der Waals surface area contributed by atoms with Gasteiger partial charge in [-0.05, 0) is 33.1 Å². The van der Waals surface area contributed by atoms with Crippen LogP contribution >= 0.6 is 11.3 Å². The molecular weight excluding hydrogens is 360 g/mol. The summed E-state index contributed by atoms with van der Waals surface area (Å²) in [7, 11) is 0. The Morgan fingerprint density at radius 2 is 1.70 bits per heavy atom. The number of piperazine rings is 1. The van der Waals surface area contributed by atoms with Crippen molar-refractivity contribution in [2.45, 2.75) is 33.1 Å². The number of rotatable bonds is 3. The molecule has 0 aromatic carbocycles. The summed E-state index contributed by atoms with van der Waals surface area (Å²) in [5.41, 5.74) is 3.56. The molecule has 144 valence electrons. The van der Waals surface area contributed by atoms with Gasteiger partial charge in [-0.3, -0.25) is 4.79 Å². The van der Waals surface area contributed by atoms with Crippen molar-refractivity contribution in [3.8, 4) is 0 Å². The van der Waals surface area contributed by atoms with Crippen molar-refractivity contribution in [3.63, 3.8) is 0 Å². The molecule has 2 aliphatic rings. The van der Waals surface area contributed by atoms with Gasteiger partial charge in [0.1, 0.15) is 10.7 Å². The molecule has 2 aliphatic heterocycles. The highest BCUT2D eigenvalue weighted by atomic mass is 32.1. The lowest BCUT2D eigenvalue weighted by molar-refractivity contribution is 0.0750. The minimum Gasteiger partial charge on any atom is -0.356 e. The van der Waals surface area contributed by atoms with E-state index in [0.717, 1.165) is 54.2 Å². The Labute approximate surface area is 164 Å². The Balaban J connectivity index is 1.44. The molecule has 0 spiro atoms. The van der Waals surface area contributed by atoms with E-state index in [0.29, 0.717) is 13.1 Å². The van der Waals surface area contributed by atoms with Crippen molar-refractivity contribution in [1.29, 1.82) is 0 Å². The number of carbonyl (C=O) groups excluding carboxylic acids is 1. The van der Waals surface area contributed by atoms with Crippen LogP contribution in [0.5, 0.6) is 0 Å². The highest BCUT2D eigenvalue weighted by molar-refractivity contribution is 7.11.